The fourth-order valence-corrected chi connectivity index (χ4v) is 3.12. The highest BCUT2D eigenvalue weighted by Gasteiger charge is 2.19. The van der Waals surface area contributed by atoms with Gasteiger partial charge in [-0.05, 0) is 43.4 Å². The molecule has 0 aliphatic heterocycles. The van der Waals surface area contributed by atoms with E-state index >= 15 is 0 Å². The zero-order chi connectivity index (χ0) is 17.7. The van der Waals surface area contributed by atoms with Crippen LogP contribution in [0.5, 0.6) is 0 Å². The lowest BCUT2D eigenvalue weighted by atomic mass is 9.92. The van der Waals surface area contributed by atoms with E-state index in [4.69, 9.17) is 0 Å². The van der Waals surface area contributed by atoms with Gasteiger partial charge in [0.2, 0.25) is 5.91 Å². The van der Waals surface area contributed by atoms with Gasteiger partial charge in [-0.15, -0.1) is 0 Å². The Labute approximate surface area is 145 Å². The number of carbonyl (C=O) groups is 1. The van der Waals surface area contributed by atoms with Crippen molar-refractivity contribution < 1.29 is 4.79 Å². The summed E-state index contributed by atoms with van der Waals surface area (Å²) in [5.41, 5.74) is 4.94. The lowest BCUT2D eigenvalue weighted by Crippen LogP contribution is -2.31. The van der Waals surface area contributed by atoms with Gasteiger partial charge in [0.1, 0.15) is 0 Å². The van der Waals surface area contributed by atoms with Crippen LogP contribution < -0.4 is 5.32 Å². The van der Waals surface area contributed by atoms with Gasteiger partial charge in [0, 0.05) is 37.8 Å². The summed E-state index contributed by atoms with van der Waals surface area (Å²) in [6, 6.07) is 8.44. The van der Waals surface area contributed by atoms with Crippen LogP contribution in [-0.4, -0.2) is 22.2 Å². The molecule has 0 spiro atoms. The average molecular weight is 327 g/mol. The molecule has 0 aliphatic carbocycles. The number of hydrogen-bond acceptors (Lipinski definition) is 2. The zero-order valence-electron chi connectivity index (χ0n) is 15.5. The minimum atomic E-state index is 0.114. The molecule has 4 heteroatoms. The Hall–Kier alpha value is -2.10. The Kier molecular flexibility index (Phi) is 6.18. The first-order valence-electron chi connectivity index (χ1n) is 8.69. The molecule has 1 amide bonds. The summed E-state index contributed by atoms with van der Waals surface area (Å²) >= 11 is 0. The summed E-state index contributed by atoms with van der Waals surface area (Å²) < 4.78 is 1.90. The van der Waals surface area contributed by atoms with Crippen molar-refractivity contribution >= 4 is 5.91 Å². The first-order valence-corrected chi connectivity index (χ1v) is 8.69. The van der Waals surface area contributed by atoms with E-state index in [9.17, 15) is 4.79 Å². The maximum atomic E-state index is 12.2. The van der Waals surface area contributed by atoms with Crippen LogP contribution >= 0.6 is 0 Å². The monoisotopic (exact) mass is 327 g/mol. The van der Waals surface area contributed by atoms with Crippen LogP contribution in [0.2, 0.25) is 0 Å². The fraction of sp³-hybridized carbons (Fsp3) is 0.500. The number of amides is 1. The molecule has 1 N–H and O–H groups in total. The molecule has 2 rings (SSSR count). The second-order valence-corrected chi connectivity index (χ2v) is 6.96. The maximum Gasteiger partial charge on any atom is 0.220 e. The molecule has 1 atom stereocenters. The minimum absolute atomic E-state index is 0.114. The molecule has 0 radical (unpaired) electrons. The molecule has 1 aromatic heterocycles. The van der Waals surface area contributed by atoms with Gasteiger partial charge in [-0.1, -0.05) is 37.6 Å². The predicted octanol–water partition coefficient (Wildman–Crippen LogP) is 3.53. The van der Waals surface area contributed by atoms with E-state index in [-0.39, 0.29) is 11.8 Å². The normalized spacial score (nSPS) is 12.4. The van der Waals surface area contributed by atoms with Crippen molar-refractivity contribution in [1.29, 1.82) is 0 Å². The Morgan fingerprint density at radius 3 is 2.58 bits per heavy atom. The van der Waals surface area contributed by atoms with E-state index in [1.165, 1.54) is 22.4 Å². The number of nitrogens with one attached hydrogen (secondary N) is 1. The Bertz CT molecular complexity index is 688. The second kappa shape index (κ2) is 8.13. The van der Waals surface area contributed by atoms with Crippen LogP contribution in [0.3, 0.4) is 0 Å². The van der Waals surface area contributed by atoms with E-state index in [1.807, 2.05) is 24.0 Å². The lowest BCUT2D eigenvalue weighted by Gasteiger charge is -2.21. The van der Waals surface area contributed by atoms with Crippen LogP contribution in [0.1, 0.15) is 48.6 Å². The van der Waals surface area contributed by atoms with Crippen molar-refractivity contribution in [2.24, 2.45) is 13.0 Å². The van der Waals surface area contributed by atoms with Gasteiger partial charge in [-0.3, -0.25) is 9.48 Å². The van der Waals surface area contributed by atoms with Gasteiger partial charge in [0.15, 0.2) is 0 Å². The molecule has 1 heterocycles. The third kappa shape index (κ3) is 4.70. The molecule has 130 valence electrons. The standard InChI is InChI=1S/C20H29N3O/c1-14(2)18(19-10-11-22-23(19)5)13-21-20(24)9-8-17-7-6-15(3)12-16(17)4/h6-7,10-12,14,18H,8-9,13H2,1-5H3,(H,21,24)/t18-/m0/s1. The van der Waals surface area contributed by atoms with Crippen molar-refractivity contribution in [2.45, 2.75) is 46.5 Å². The van der Waals surface area contributed by atoms with Crippen molar-refractivity contribution in [3.05, 3.63) is 52.8 Å². The van der Waals surface area contributed by atoms with Gasteiger partial charge in [-0.2, -0.15) is 5.10 Å². The SMILES string of the molecule is Cc1ccc(CCC(=O)NC[C@H](c2ccnn2C)C(C)C)c(C)c1. The van der Waals surface area contributed by atoms with Crippen molar-refractivity contribution in [3.8, 4) is 0 Å². The summed E-state index contributed by atoms with van der Waals surface area (Å²) in [6.45, 7) is 9.22. The van der Waals surface area contributed by atoms with Crippen LogP contribution in [0.4, 0.5) is 0 Å². The van der Waals surface area contributed by atoms with E-state index in [1.54, 1.807) is 0 Å². The largest absolute Gasteiger partial charge is 0.355 e. The molecule has 4 nitrogen and oxygen atoms in total. The summed E-state index contributed by atoms with van der Waals surface area (Å²) in [7, 11) is 1.95. The van der Waals surface area contributed by atoms with Crippen molar-refractivity contribution in [1.82, 2.24) is 15.1 Å². The second-order valence-electron chi connectivity index (χ2n) is 6.96. The molecule has 0 saturated heterocycles. The third-order valence-corrected chi connectivity index (χ3v) is 4.68. The lowest BCUT2D eigenvalue weighted by molar-refractivity contribution is -0.121. The third-order valence-electron chi connectivity index (χ3n) is 4.68. The zero-order valence-corrected chi connectivity index (χ0v) is 15.5. The van der Waals surface area contributed by atoms with Crippen LogP contribution in [-0.2, 0) is 18.3 Å². The first-order chi connectivity index (χ1) is 11.4. The molecule has 0 fully saturated rings. The predicted molar refractivity (Wildman–Crippen MR) is 98.0 cm³/mol. The fourth-order valence-electron chi connectivity index (χ4n) is 3.12. The van der Waals surface area contributed by atoms with Gasteiger partial charge >= 0.3 is 0 Å². The minimum Gasteiger partial charge on any atom is -0.355 e. The highest BCUT2D eigenvalue weighted by atomic mass is 16.1. The number of carbonyl (C=O) groups excluding carboxylic acids is 1. The van der Waals surface area contributed by atoms with E-state index in [0.29, 0.717) is 18.9 Å². The molecule has 2 aromatic rings. The summed E-state index contributed by atoms with van der Waals surface area (Å²) in [6.07, 6.45) is 3.13. The molecule has 1 aromatic carbocycles. The molecule has 0 bridgehead atoms. The molecular formula is C20H29N3O. The number of benzene rings is 1. The topological polar surface area (TPSA) is 46.9 Å². The van der Waals surface area contributed by atoms with Crippen LogP contribution in [0, 0.1) is 19.8 Å². The average Bonchev–Trinajstić information content (AvgIpc) is 2.92. The summed E-state index contributed by atoms with van der Waals surface area (Å²) in [4.78, 5) is 12.2. The van der Waals surface area contributed by atoms with Gasteiger partial charge in [-0.25, -0.2) is 0 Å². The van der Waals surface area contributed by atoms with Crippen LogP contribution in [0.15, 0.2) is 30.5 Å². The summed E-state index contributed by atoms with van der Waals surface area (Å²) in [5, 5.41) is 7.34. The highest BCUT2D eigenvalue weighted by Crippen LogP contribution is 2.23. The number of aryl methyl sites for hydroxylation is 4. The first kappa shape index (κ1) is 18.2. The molecule has 0 unspecified atom stereocenters. The van der Waals surface area contributed by atoms with Crippen molar-refractivity contribution in [2.75, 3.05) is 6.54 Å². The summed E-state index contributed by atoms with van der Waals surface area (Å²) in [5.74, 6) is 0.838. The smallest absolute Gasteiger partial charge is 0.220 e. The molecular weight excluding hydrogens is 298 g/mol. The Morgan fingerprint density at radius 2 is 2.00 bits per heavy atom. The van der Waals surface area contributed by atoms with E-state index < -0.39 is 0 Å². The highest BCUT2D eigenvalue weighted by molar-refractivity contribution is 5.76. The number of nitrogens with zero attached hydrogens (tertiary/aromatic N) is 2. The van der Waals surface area contributed by atoms with Gasteiger partial charge < -0.3 is 5.32 Å². The van der Waals surface area contributed by atoms with E-state index in [2.05, 4.69) is 56.3 Å². The van der Waals surface area contributed by atoms with Crippen molar-refractivity contribution in [3.63, 3.8) is 0 Å². The molecule has 24 heavy (non-hydrogen) atoms. The number of rotatable bonds is 7. The van der Waals surface area contributed by atoms with Gasteiger partial charge in [0.05, 0.1) is 0 Å². The number of aromatic nitrogens is 2. The Morgan fingerprint density at radius 1 is 1.25 bits per heavy atom. The maximum absolute atomic E-state index is 12.2. The van der Waals surface area contributed by atoms with Gasteiger partial charge in [0.25, 0.3) is 0 Å². The molecule has 0 saturated carbocycles. The molecule has 0 aliphatic rings. The quantitative estimate of drug-likeness (QED) is 0.846. The number of hydrogen-bond donors (Lipinski definition) is 1. The van der Waals surface area contributed by atoms with Crippen LogP contribution in [0.25, 0.3) is 0 Å². The van der Waals surface area contributed by atoms with E-state index in [0.717, 1.165) is 6.42 Å². The Balaban J connectivity index is 1.88.